The summed E-state index contributed by atoms with van der Waals surface area (Å²) < 4.78 is 26.3. The normalized spacial score (nSPS) is 12.8. The summed E-state index contributed by atoms with van der Waals surface area (Å²) in [5.74, 6) is 5.30. The fraction of sp³-hybridized carbons (Fsp3) is 0.292. The van der Waals surface area contributed by atoms with E-state index >= 15 is 0 Å². The molecule has 1 aromatic heterocycles. The van der Waals surface area contributed by atoms with E-state index in [0.29, 0.717) is 27.8 Å². The van der Waals surface area contributed by atoms with Crippen molar-refractivity contribution >= 4 is 12.6 Å². The van der Waals surface area contributed by atoms with Crippen molar-refractivity contribution in [3.63, 3.8) is 0 Å². The first-order chi connectivity index (χ1) is 15.2. The van der Waals surface area contributed by atoms with E-state index in [1.807, 2.05) is 30.3 Å². The predicted octanol–water partition coefficient (Wildman–Crippen LogP) is 3.53. The summed E-state index contributed by atoms with van der Waals surface area (Å²) >= 11 is 0. The van der Waals surface area contributed by atoms with Gasteiger partial charge < -0.3 is 10.0 Å². The number of aromatic nitrogens is 2. The van der Waals surface area contributed by atoms with Crippen LogP contribution in [0.15, 0.2) is 64.9 Å². The van der Waals surface area contributed by atoms with Gasteiger partial charge in [0.2, 0.25) is 5.91 Å². The van der Waals surface area contributed by atoms with Crippen LogP contribution in [0, 0.1) is 18.8 Å². The van der Waals surface area contributed by atoms with Gasteiger partial charge in [-0.05, 0) is 32.2 Å². The van der Waals surface area contributed by atoms with E-state index in [4.69, 9.17) is 0 Å². The van der Waals surface area contributed by atoms with Gasteiger partial charge in [-0.15, -0.1) is 0 Å². The van der Waals surface area contributed by atoms with Crippen molar-refractivity contribution in [1.29, 1.82) is 0 Å². The molecule has 168 valence electrons. The van der Waals surface area contributed by atoms with Gasteiger partial charge in [-0.3, -0.25) is 9.79 Å². The van der Waals surface area contributed by atoms with Gasteiger partial charge in [-0.25, -0.2) is 4.68 Å². The third-order valence-electron chi connectivity index (χ3n) is 4.66. The zero-order chi connectivity index (χ0) is 23.7. The fourth-order valence-electron chi connectivity index (χ4n) is 3.03. The van der Waals surface area contributed by atoms with E-state index in [9.17, 15) is 18.7 Å². The molecule has 1 atom stereocenters. The number of likely N-dealkylation sites (N-methyl/N-ethyl adjacent to an activating group) is 1. The molecule has 2 rings (SSSR count). The quantitative estimate of drug-likeness (QED) is 0.296. The zero-order valence-corrected chi connectivity index (χ0v) is 18.3. The number of amides is 1. The molecule has 1 heterocycles. The standard InChI is InChI=1S/C24H26F2N4O2/c1-17(23(32)29(4)16-22(31)13-19-8-6-5-7-9-19)12-20(14-27-3)10-11-21-15-28-30(18(21)2)24(25)26/h5-9,12,14-15,22,24,31H,3,13,16H2,1-2,4H3/b17-12+,20-14-/t22-/m0/s1. The Balaban J connectivity index is 2.09. The van der Waals surface area contributed by atoms with Gasteiger partial charge in [0.15, 0.2) is 0 Å². The lowest BCUT2D eigenvalue weighted by molar-refractivity contribution is -0.127. The number of aliphatic hydroxyl groups excluding tert-OH is 1. The number of benzene rings is 1. The lowest BCUT2D eigenvalue weighted by atomic mass is 10.1. The van der Waals surface area contributed by atoms with Crippen LogP contribution in [0.2, 0.25) is 0 Å². The van der Waals surface area contributed by atoms with Crippen molar-refractivity contribution < 1.29 is 18.7 Å². The second-order valence-electron chi connectivity index (χ2n) is 7.24. The van der Waals surface area contributed by atoms with Crippen LogP contribution in [0.4, 0.5) is 8.78 Å². The molecule has 0 bridgehead atoms. The molecule has 0 saturated carbocycles. The Morgan fingerprint density at radius 2 is 2.06 bits per heavy atom. The zero-order valence-electron chi connectivity index (χ0n) is 18.3. The van der Waals surface area contributed by atoms with Crippen LogP contribution in [0.25, 0.3) is 0 Å². The van der Waals surface area contributed by atoms with Crippen LogP contribution in [0.1, 0.15) is 30.3 Å². The van der Waals surface area contributed by atoms with Gasteiger partial charge in [0, 0.05) is 37.4 Å². The van der Waals surface area contributed by atoms with Crippen LogP contribution in [-0.2, 0) is 11.2 Å². The second kappa shape index (κ2) is 11.7. The van der Waals surface area contributed by atoms with E-state index in [1.54, 1.807) is 14.0 Å². The molecule has 0 saturated heterocycles. The molecule has 0 radical (unpaired) electrons. The second-order valence-corrected chi connectivity index (χ2v) is 7.24. The molecule has 2 aromatic rings. The molecule has 32 heavy (non-hydrogen) atoms. The highest BCUT2D eigenvalue weighted by Crippen LogP contribution is 2.15. The molecule has 0 fully saturated rings. The summed E-state index contributed by atoms with van der Waals surface area (Å²) in [5, 5.41) is 13.9. The number of hydrogen-bond acceptors (Lipinski definition) is 4. The van der Waals surface area contributed by atoms with Gasteiger partial charge in [0.25, 0.3) is 0 Å². The van der Waals surface area contributed by atoms with Gasteiger partial charge in [0.05, 0.1) is 23.6 Å². The van der Waals surface area contributed by atoms with E-state index in [2.05, 4.69) is 28.6 Å². The number of carbonyl (C=O) groups excluding carboxylic acids is 1. The fourth-order valence-corrected chi connectivity index (χ4v) is 3.03. The summed E-state index contributed by atoms with van der Waals surface area (Å²) in [6.07, 6.45) is 3.90. The summed E-state index contributed by atoms with van der Waals surface area (Å²) in [6, 6.07) is 9.53. The minimum Gasteiger partial charge on any atom is -0.391 e. The largest absolute Gasteiger partial charge is 0.391 e. The third-order valence-corrected chi connectivity index (χ3v) is 4.66. The highest BCUT2D eigenvalue weighted by atomic mass is 19.3. The smallest absolute Gasteiger partial charge is 0.333 e. The van der Waals surface area contributed by atoms with E-state index in [1.165, 1.54) is 30.3 Å². The molecule has 1 amide bonds. The molecule has 8 heteroatoms. The number of halogens is 2. The summed E-state index contributed by atoms with van der Waals surface area (Å²) in [6.45, 7) is 3.94. The van der Waals surface area contributed by atoms with Gasteiger partial charge >= 0.3 is 6.55 Å². The maximum absolute atomic E-state index is 12.9. The lowest BCUT2D eigenvalue weighted by Crippen LogP contribution is -2.35. The third kappa shape index (κ3) is 7.00. The van der Waals surface area contributed by atoms with E-state index < -0.39 is 12.7 Å². The molecule has 0 aliphatic heterocycles. The average Bonchev–Trinajstić information content (AvgIpc) is 3.12. The van der Waals surface area contributed by atoms with Crippen LogP contribution in [0.5, 0.6) is 0 Å². The topological polar surface area (TPSA) is 70.7 Å². The van der Waals surface area contributed by atoms with E-state index in [-0.39, 0.29) is 18.1 Å². The van der Waals surface area contributed by atoms with Crippen LogP contribution in [0.3, 0.4) is 0 Å². The Hall–Kier alpha value is -3.57. The highest BCUT2D eigenvalue weighted by Gasteiger charge is 2.16. The van der Waals surface area contributed by atoms with Crippen LogP contribution in [-0.4, -0.2) is 52.1 Å². The lowest BCUT2D eigenvalue weighted by Gasteiger charge is -2.21. The van der Waals surface area contributed by atoms with Gasteiger partial charge in [0.1, 0.15) is 0 Å². The Morgan fingerprint density at radius 3 is 2.66 bits per heavy atom. The monoisotopic (exact) mass is 440 g/mol. The molecule has 0 aliphatic carbocycles. The number of hydrogen-bond donors (Lipinski definition) is 1. The number of carbonyl (C=O) groups is 1. The number of rotatable bonds is 8. The highest BCUT2D eigenvalue weighted by molar-refractivity contribution is 5.93. The molecule has 6 nitrogen and oxygen atoms in total. The number of aliphatic imine (C=N–C) groups is 1. The molecule has 1 aromatic carbocycles. The maximum Gasteiger partial charge on any atom is 0.333 e. The van der Waals surface area contributed by atoms with Gasteiger partial charge in [-0.1, -0.05) is 42.2 Å². The van der Waals surface area contributed by atoms with E-state index in [0.717, 1.165) is 5.56 Å². The number of alkyl halides is 2. The van der Waals surface area contributed by atoms with Crippen molar-refractivity contribution in [1.82, 2.24) is 14.7 Å². The van der Waals surface area contributed by atoms with Crippen molar-refractivity contribution in [3.05, 3.63) is 76.8 Å². The van der Waals surface area contributed by atoms with Gasteiger partial charge in [-0.2, -0.15) is 13.9 Å². The molecule has 0 unspecified atom stereocenters. The molecular weight excluding hydrogens is 414 g/mol. The molecule has 0 spiro atoms. The summed E-state index contributed by atoms with van der Waals surface area (Å²) in [4.78, 5) is 17.8. The maximum atomic E-state index is 12.9. The molecule has 0 aliphatic rings. The molecular formula is C24H26F2N4O2. The number of aliphatic hydroxyl groups is 1. The first-order valence-electron chi connectivity index (χ1n) is 9.89. The predicted molar refractivity (Wildman–Crippen MR) is 120 cm³/mol. The average molecular weight is 440 g/mol. The van der Waals surface area contributed by atoms with Crippen LogP contribution >= 0.6 is 0 Å². The minimum absolute atomic E-state index is 0.162. The van der Waals surface area contributed by atoms with Crippen molar-refractivity contribution in [2.75, 3.05) is 13.6 Å². The Labute approximate surface area is 186 Å². The SMILES string of the molecule is C=N/C=C(C#Cc1cnn(C(F)F)c1C)\C=C(/C)C(=O)N(C)C[C@@H](O)Cc1ccccc1. The van der Waals surface area contributed by atoms with Crippen molar-refractivity contribution in [2.24, 2.45) is 4.99 Å². The first-order valence-corrected chi connectivity index (χ1v) is 9.89. The van der Waals surface area contributed by atoms with Crippen molar-refractivity contribution in [3.8, 4) is 11.8 Å². The Kier molecular flexibility index (Phi) is 9.05. The summed E-state index contributed by atoms with van der Waals surface area (Å²) in [7, 11) is 1.61. The minimum atomic E-state index is -2.75. The number of allylic oxidation sites excluding steroid dienone is 2. The Morgan fingerprint density at radius 1 is 1.38 bits per heavy atom. The van der Waals surface area contributed by atoms with Crippen molar-refractivity contribution in [2.45, 2.75) is 32.9 Å². The Bertz CT molecular complexity index is 1060. The summed E-state index contributed by atoms with van der Waals surface area (Å²) in [5.41, 5.74) is 2.33. The first kappa shape index (κ1) is 24.7. The van der Waals surface area contributed by atoms with Crippen LogP contribution < -0.4 is 0 Å². The number of nitrogens with zero attached hydrogens (tertiary/aromatic N) is 4. The molecule has 1 N–H and O–H groups in total.